The van der Waals surface area contributed by atoms with E-state index in [2.05, 4.69) is 11.2 Å². The zero-order valence-electron chi connectivity index (χ0n) is 9.93. The lowest BCUT2D eigenvalue weighted by molar-refractivity contribution is 0.212. The van der Waals surface area contributed by atoms with Gasteiger partial charge in [-0.15, -0.1) is 6.42 Å². The second-order valence-electron chi connectivity index (χ2n) is 3.82. The van der Waals surface area contributed by atoms with Crippen molar-refractivity contribution in [2.75, 3.05) is 13.7 Å². The predicted octanol–water partition coefficient (Wildman–Crippen LogP) is 1.37. The van der Waals surface area contributed by atoms with Crippen LogP contribution in [0.3, 0.4) is 0 Å². The second-order valence-corrected chi connectivity index (χ2v) is 3.82. The summed E-state index contributed by atoms with van der Waals surface area (Å²) in [4.78, 5) is 13.1. The van der Waals surface area contributed by atoms with E-state index in [9.17, 15) is 4.79 Å². The molecule has 0 aromatic heterocycles. The van der Waals surface area contributed by atoms with Gasteiger partial charge in [-0.1, -0.05) is 24.1 Å². The normalized spacial score (nSPS) is 18.4. The molecule has 1 saturated heterocycles. The minimum Gasteiger partial charge on any atom is -0.496 e. The lowest BCUT2D eigenvalue weighted by Gasteiger charge is -2.22. The summed E-state index contributed by atoms with van der Waals surface area (Å²) in [5.41, 5.74) is 0.749. The Bertz CT molecular complexity index is 533. The Labute approximate surface area is 105 Å². The van der Waals surface area contributed by atoms with E-state index in [1.165, 1.54) is 4.90 Å². The van der Waals surface area contributed by atoms with Crippen LogP contribution in [0.1, 0.15) is 11.6 Å². The average molecular weight is 243 g/mol. The van der Waals surface area contributed by atoms with E-state index >= 15 is 0 Å². The fourth-order valence-corrected chi connectivity index (χ4v) is 2.01. The topological polar surface area (TPSA) is 65.4 Å². The fourth-order valence-electron chi connectivity index (χ4n) is 2.01. The maximum Gasteiger partial charge on any atom is 0.324 e. The van der Waals surface area contributed by atoms with E-state index in [-0.39, 0.29) is 18.4 Å². The molecule has 1 aliphatic heterocycles. The third-order valence-corrected chi connectivity index (χ3v) is 2.78. The summed E-state index contributed by atoms with van der Waals surface area (Å²) in [7, 11) is 1.55. The molecule has 1 aromatic rings. The highest BCUT2D eigenvalue weighted by atomic mass is 16.5. The van der Waals surface area contributed by atoms with Crippen LogP contribution in [0.25, 0.3) is 0 Å². The number of urea groups is 1. The molecule has 1 fully saturated rings. The molecule has 5 nitrogen and oxygen atoms in total. The Hall–Kier alpha value is -2.48. The summed E-state index contributed by atoms with van der Waals surface area (Å²) in [5, 5.41) is 10.3. The molecule has 1 atom stereocenters. The van der Waals surface area contributed by atoms with Gasteiger partial charge >= 0.3 is 6.03 Å². The SMILES string of the molecule is C#CCN1C(=O)NC(=N)C1c1ccccc1OC. The fraction of sp³-hybridized carbons (Fsp3) is 0.231. The summed E-state index contributed by atoms with van der Waals surface area (Å²) in [6.07, 6.45) is 5.25. The smallest absolute Gasteiger partial charge is 0.324 e. The monoisotopic (exact) mass is 243 g/mol. The van der Waals surface area contributed by atoms with Crippen molar-refractivity contribution < 1.29 is 9.53 Å². The summed E-state index contributed by atoms with van der Waals surface area (Å²) in [5.74, 6) is 3.17. The summed E-state index contributed by atoms with van der Waals surface area (Å²) in [6, 6.07) is 6.42. The molecule has 2 N–H and O–H groups in total. The van der Waals surface area contributed by atoms with Crippen molar-refractivity contribution in [1.82, 2.24) is 10.2 Å². The standard InChI is InChI=1S/C13H13N3O2/c1-3-8-16-11(12(14)15-13(16)17)9-6-4-5-7-10(9)18-2/h1,4-7,11H,8H2,2H3,(H2,14,15,17). The Kier molecular flexibility index (Phi) is 3.20. The first-order valence-electron chi connectivity index (χ1n) is 5.41. The van der Waals surface area contributed by atoms with E-state index in [4.69, 9.17) is 16.6 Å². The maximum atomic E-state index is 11.7. The van der Waals surface area contributed by atoms with E-state index in [1.54, 1.807) is 13.2 Å². The number of para-hydroxylation sites is 1. The molecule has 5 heteroatoms. The molecule has 1 unspecified atom stereocenters. The summed E-state index contributed by atoms with van der Waals surface area (Å²) < 4.78 is 5.25. The number of methoxy groups -OCH3 is 1. The molecule has 18 heavy (non-hydrogen) atoms. The van der Waals surface area contributed by atoms with Crippen molar-refractivity contribution in [3.05, 3.63) is 29.8 Å². The van der Waals surface area contributed by atoms with Crippen LogP contribution in [-0.4, -0.2) is 30.4 Å². The van der Waals surface area contributed by atoms with Gasteiger partial charge in [-0.3, -0.25) is 15.6 Å². The molecular weight excluding hydrogens is 230 g/mol. The third-order valence-electron chi connectivity index (χ3n) is 2.78. The molecule has 1 aliphatic rings. The molecule has 1 heterocycles. The van der Waals surface area contributed by atoms with Crippen molar-refractivity contribution in [1.29, 1.82) is 5.41 Å². The highest BCUT2D eigenvalue weighted by Crippen LogP contribution is 2.32. The molecule has 0 bridgehead atoms. The van der Waals surface area contributed by atoms with Crippen LogP contribution in [0.2, 0.25) is 0 Å². The molecule has 0 spiro atoms. The van der Waals surface area contributed by atoms with Crippen molar-refractivity contribution in [2.24, 2.45) is 0 Å². The van der Waals surface area contributed by atoms with Crippen LogP contribution >= 0.6 is 0 Å². The number of terminal acetylenes is 1. The van der Waals surface area contributed by atoms with Gasteiger partial charge in [0.05, 0.1) is 13.7 Å². The molecule has 0 radical (unpaired) electrons. The Morgan fingerprint density at radius 2 is 2.28 bits per heavy atom. The van der Waals surface area contributed by atoms with Crippen LogP contribution in [0.15, 0.2) is 24.3 Å². The van der Waals surface area contributed by atoms with Crippen molar-refractivity contribution in [3.63, 3.8) is 0 Å². The quantitative estimate of drug-likeness (QED) is 0.787. The number of amides is 2. The van der Waals surface area contributed by atoms with Gasteiger partial charge in [0.1, 0.15) is 17.6 Å². The number of hydrogen-bond acceptors (Lipinski definition) is 3. The van der Waals surface area contributed by atoms with E-state index in [1.807, 2.05) is 18.2 Å². The first kappa shape index (κ1) is 12.0. The van der Waals surface area contributed by atoms with Crippen molar-refractivity contribution in [3.8, 4) is 18.1 Å². The van der Waals surface area contributed by atoms with E-state index in [0.717, 1.165) is 5.56 Å². The van der Waals surface area contributed by atoms with Crippen LogP contribution in [0, 0.1) is 17.8 Å². The first-order chi connectivity index (χ1) is 8.69. The van der Waals surface area contributed by atoms with Gasteiger partial charge in [-0.2, -0.15) is 0 Å². The van der Waals surface area contributed by atoms with Crippen LogP contribution in [-0.2, 0) is 0 Å². The zero-order valence-corrected chi connectivity index (χ0v) is 9.93. The largest absolute Gasteiger partial charge is 0.496 e. The van der Waals surface area contributed by atoms with Gasteiger partial charge in [0.25, 0.3) is 0 Å². The van der Waals surface area contributed by atoms with Crippen LogP contribution in [0.4, 0.5) is 4.79 Å². The minimum absolute atomic E-state index is 0.111. The highest BCUT2D eigenvalue weighted by molar-refractivity contribution is 6.06. The number of benzene rings is 1. The second kappa shape index (κ2) is 4.80. The van der Waals surface area contributed by atoms with Gasteiger partial charge in [0.2, 0.25) is 0 Å². The lowest BCUT2D eigenvalue weighted by atomic mass is 10.0. The minimum atomic E-state index is -0.510. The van der Waals surface area contributed by atoms with E-state index in [0.29, 0.717) is 5.75 Å². The number of nitrogens with one attached hydrogen (secondary N) is 2. The number of rotatable bonds is 3. The molecule has 2 rings (SSSR count). The summed E-state index contributed by atoms with van der Waals surface area (Å²) >= 11 is 0. The molecule has 92 valence electrons. The maximum absolute atomic E-state index is 11.7. The van der Waals surface area contributed by atoms with Gasteiger partial charge in [-0.05, 0) is 6.07 Å². The number of hydrogen-bond donors (Lipinski definition) is 2. The van der Waals surface area contributed by atoms with Gasteiger partial charge in [-0.25, -0.2) is 4.79 Å². The van der Waals surface area contributed by atoms with Gasteiger partial charge in [0, 0.05) is 5.56 Å². The number of amidine groups is 1. The van der Waals surface area contributed by atoms with Crippen molar-refractivity contribution in [2.45, 2.75) is 6.04 Å². The molecular formula is C13H13N3O2. The van der Waals surface area contributed by atoms with Crippen molar-refractivity contribution >= 4 is 11.9 Å². The molecule has 2 amide bonds. The van der Waals surface area contributed by atoms with Gasteiger partial charge < -0.3 is 4.74 Å². The van der Waals surface area contributed by atoms with Crippen LogP contribution < -0.4 is 10.1 Å². The number of carbonyl (C=O) groups is 1. The number of nitrogens with zero attached hydrogens (tertiary/aromatic N) is 1. The predicted molar refractivity (Wildman–Crippen MR) is 67.5 cm³/mol. The highest BCUT2D eigenvalue weighted by Gasteiger charge is 2.37. The van der Waals surface area contributed by atoms with E-state index < -0.39 is 6.04 Å². The summed E-state index contributed by atoms with van der Waals surface area (Å²) in [6.45, 7) is 0.150. The average Bonchev–Trinajstić information content (AvgIpc) is 2.65. The zero-order chi connectivity index (χ0) is 13.1. The Balaban J connectivity index is 2.44. The first-order valence-corrected chi connectivity index (χ1v) is 5.41. The lowest BCUT2D eigenvalue weighted by Crippen LogP contribution is -2.30. The van der Waals surface area contributed by atoms with Crippen LogP contribution in [0.5, 0.6) is 5.75 Å². The number of carbonyl (C=O) groups excluding carboxylic acids is 1. The third kappa shape index (κ3) is 1.89. The molecule has 1 aromatic carbocycles. The Morgan fingerprint density at radius 3 is 2.94 bits per heavy atom. The molecule has 0 aliphatic carbocycles. The molecule has 0 saturated carbocycles. The Morgan fingerprint density at radius 1 is 1.56 bits per heavy atom. The number of ether oxygens (including phenoxy) is 1. The van der Waals surface area contributed by atoms with Gasteiger partial charge in [0.15, 0.2) is 0 Å².